The van der Waals surface area contributed by atoms with E-state index < -0.39 is 6.10 Å². The van der Waals surface area contributed by atoms with Crippen molar-refractivity contribution in [1.29, 1.82) is 0 Å². The van der Waals surface area contributed by atoms with Crippen LogP contribution >= 0.6 is 0 Å². The summed E-state index contributed by atoms with van der Waals surface area (Å²) in [6, 6.07) is 7.16. The van der Waals surface area contributed by atoms with Gasteiger partial charge in [-0.3, -0.25) is 9.48 Å². The number of hydrogen-bond acceptors (Lipinski definition) is 4. The molecule has 1 aromatic carbocycles. The maximum absolute atomic E-state index is 12.3. The summed E-state index contributed by atoms with van der Waals surface area (Å²) < 4.78 is 6.97. The average Bonchev–Trinajstić information content (AvgIpc) is 2.92. The molecule has 0 aliphatic rings. The minimum absolute atomic E-state index is 0.126. The number of hydrogen-bond donors (Lipinski definition) is 2. The number of methoxy groups -OCH3 is 1. The average molecular weight is 331 g/mol. The minimum atomic E-state index is -0.796. The first-order valence-corrected chi connectivity index (χ1v) is 8.05. The summed E-state index contributed by atoms with van der Waals surface area (Å²) in [4.78, 5) is 12.3. The fourth-order valence-electron chi connectivity index (χ4n) is 2.45. The molecule has 6 heteroatoms. The van der Waals surface area contributed by atoms with Crippen molar-refractivity contribution >= 4 is 5.91 Å². The molecule has 1 unspecified atom stereocenters. The summed E-state index contributed by atoms with van der Waals surface area (Å²) in [7, 11) is 1.57. The van der Waals surface area contributed by atoms with Crippen LogP contribution in [-0.4, -0.2) is 34.4 Å². The van der Waals surface area contributed by atoms with Gasteiger partial charge in [-0.1, -0.05) is 26.0 Å². The van der Waals surface area contributed by atoms with E-state index in [9.17, 15) is 9.90 Å². The number of nitrogens with zero attached hydrogens (tertiary/aromatic N) is 2. The predicted molar refractivity (Wildman–Crippen MR) is 92.1 cm³/mol. The number of nitrogens with one attached hydrogen (secondary N) is 1. The lowest BCUT2D eigenvalue weighted by molar-refractivity contribution is 0.0915. The molecular weight excluding hydrogens is 306 g/mol. The van der Waals surface area contributed by atoms with Gasteiger partial charge in [-0.05, 0) is 30.5 Å². The van der Waals surface area contributed by atoms with Gasteiger partial charge in [0.1, 0.15) is 5.75 Å². The third-order valence-electron chi connectivity index (χ3n) is 3.82. The van der Waals surface area contributed by atoms with E-state index in [2.05, 4.69) is 24.3 Å². The number of ether oxygens (including phenoxy) is 1. The van der Waals surface area contributed by atoms with E-state index in [1.54, 1.807) is 37.6 Å². The Hall–Kier alpha value is -2.34. The summed E-state index contributed by atoms with van der Waals surface area (Å²) in [5, 5.41) is 17.3. The van der Waals surface area contributed by atoms with Gasteiger partial charge in [0.05, 0.1) is 25.0 Å². The Labute approximate surface area is 142 Å². The number of rotatable bonds is 7. The van der Waals surface area contributed by atoms with Crippen molar-refractivity contribution in [3.8, 4) is 5.75 Å². The second kappa shape index (κ2) is 7.97. The third kappa shape index (κ3) is 4.35. The van der Waals surface area contributed by atoms with Crippen LogP contribution in [0.2, 0.25) is 0 Å². The van der Waals surface area contributed by atoms with Gasteiger partial charge in [0.15, 0.2) is 0 Å². The van der Waals surface area contributed by atoms with Crippen LogP contribution in [0.15, 0.2) is 30.5 Å². The van der Waals surface area contributed by atoms with E-state index in [4.69, 9.17) is 4.74 Å². The second-order valence-electron chi connectivity index (χ2n) is 6.22. The third-order valence-corrected chi connectivity index (χ3v) is 3.82. The molecule has 2 aromatic rings. The lowest BCUT2D eigenvalue weighted by Gasteiger charge is -2.13. The minimum Gasteiger partial charge on any atom is -0.497 e. The molecule has 0 spiro atoms. The van der Waals surface area contributed by atoms with E-state index >= 15 is 0 Å². The molecule has 0 aliphatic carbocycles. The predicted octanol–water partition coefficient (Wildman–Crippen LogP) is 2.32. The normalized spacial score (nSPS) is 12.2. The summed E-state index contributed by atoms with van der Waals surface area (Å²) >= 11 is 0. The summed E-state index contributed by atoms with van der Waals surface area (Å²) in [6.45, 7) is 6.98. The number of amides is 1. The summed E-state index contributed by atoms with van der Waals surface area (Å²) in [5.74, 6) is 0.891. The zero-order valence-corrected chi connectivity index (χ0v) is 14.6. The largest absolute Gasteiger partial charge is 0.497 e. The molecule has 130 valence electrons. The monoisotopic (exact) mass is 331 g/mol. The lowest BCUT2D eigenvalue weighted by Crippen LogP contribution is -2.28. The zero-order chi connectivity index (χ0) is 17.7. The van der Waals surface area contributed by atoms with Crippen LogP contribution in [0.3, 0.4) is 0 Å². The van der Waals surface area contributed by atoms with Crippen molar-refractivity contribution in [3.05, 3.63) is 47.3 Å². The highest BCUT2D eigenvalue weighted by molar-refractivity contribution is 5.95. The van der Waals surface area contributed by atoms with Gasteiger partial charge in [0.25, 0.3) is 5.91 Å². The molecule has 2 rings (SSSR count). The van der Waals surface area contributed by atoms with Crippen molar-refractivity contribution in [3.63, 3.8) is 0 Å². The molecule has 0 radical (unpaired) electrons. The first-order chi connectivity index (χ1) is 11.4. The van der Waals surface area contributed by atoms with Crippen LogP contribution in [-0.2, 0) is 6.54 Å². The first kappa shape index (κ1) is 18.0. The van der Waals surface area contributed by atoms with Crippen molar-refractivity contribution in [2.45, 2.75) is 33.4 Å². The Bertz CT molecular complexity index is 695. The van der Waals surface area contributed by atoms with Gasteiger partial charge in [0, 0.05) is 18.8 Å². The molecule has 0 saturated heterocycles. The number of aliphatic hydroxyl groups excluding tert-OH is 1. The van der Waals surface area contributed by atoms with Crippen molar-refractivity contribution < 1.29 is 14.6 Å². The van der Waals surface area contributed by atoms with E-state index in [0.29, 0.717) is 22.8 Å². The van der Waals surface area contributed by atoms with Gasteiger partial charge in [-0.25, -0.2) is 0 Å². The summed E-state index contributed by atoms with van der Waals surface area (Å²) in [6.07, 6.45) is 0.778. The molecule has 6 nitrogen and oxygen atoms in total. The fourth-order valence-corrected chi connectivity index (χ4v) is 2.45. The molecule has 24 heavy (non-hydrogen) atoms. The van der Waals surface area contributed by atoms with E-state index in [0.717, 1.165) is 12.2 Å². The van der Waals surface area contributed by atoms with Crippen molar-refractivity contribution in [2.75, 3.05) is 13.7 Å². The van der Waals surface area contributed by atoms with Crippen LogP contribution in [0, 0.1) is 12.8 Å². The van der Waals surface area contributed by atoms with Gasteiger partial charge < -0.3 is 15.2 Å². The molecule has 1 heterocycles. The molecule has 1 atom stereocenters. The summed E-state index contributed by atoms with van der Waals surface area (Å²) in [5.41, 5.74) is 2.06. The Kier molecular flexibility index (Phi) is 5.98. The highest BCUT2D eigenvalue weighted by atomic mass is 16.5. The molecular formula is C18H25N3O3. The topological polar surface area (TPSA) is 76.4 Å². The first-order valence-electron chi connectivity index (χ1n) is 8.05. The fraction of sp³-hybridized carbons (Fsp3) is 0.444. The highest BCUT2D eigenvalue weighted by Gasteiger charge is 2.16. The second-order valence-corrected chi connectivity index (χ2v) is 6.22. The number of aliphatic hydroxyl groups is 1. The number of carbonyl (C=O) groups excluding carboxylic acids is 1. The molecule has 2 N–H and O–H groups in total. The van der Waals surface area contributed by atoms with Crippen LogP contribution in [0.25, 0.3) is 0 Å². The molecule has 0 aliphatic heterocycles. The Morgan fingerprint density at radius 2 is 2.17 bits per heavy atom. The number of benzene rings is 1. The van der Waals surface area contributed by atoms with Crippen LogP contribution in [0.1, 0.15) is 41.6 Å². The van der Waals surface area contributed by atoms with Crippen molar-refractivity contribution in [2.24, 2.45) is 5.92 Å². The quantitative estimate of drug-likeness (QED) is 0.816. The molecule has 0 fully saturated rings. The smallest absolute Gasteiger partial charge is 0.254 e. The number of carbonyl (C=O) groups is 1. The Morgan fingerprint density at radius 1 is 1.42 bits per heavy atom. The lowest BCUT2D eigenvalue weighted by atomic mass is 10.1. The van der Waals surface area contributed by atoms with Gasteiger partial charge >= 0.3 is 0 Å². The molecule has 0 saturated carbocycles. The van der Waals surface area contributed by atoms with Crippen LogP contribution in [0.5, 0.6) is 5.75 Å². The zero-order valence-electron chi connectivity index (χ0n) is 14.6. The maximum atomic E-state index is 12.3. The van der Waals surface area contributed by atoms with Crippen LogP contribution in [0.4, 0.5) is 0 Å². The van der Waals surface area contributed by atoms with E-state index in [1.165, 1.54) is 0 Å². The molecule has 0 bridgehead atoms. The van der Waals surface area contributed by atoms with Gasteiger partial charge in [-0.2, -0.15) is 5.10 Å². The number of aromatic nitrogens is 2. The Balaban J connectivity index is 1.98. The van der Waals surface area contributed by atoms with E-state index in [1.807, 2.05) is 11.6 Å². The molecule has 1 amide bonds. The maximum Gasteiger partial charge on any atom is 0.254 e. The molecule has 1 aromatic heterocycles. The van der Waals surface area contributed by atoms with E-state index in [-0.39, 0.29) is 12.5 Å². The van der Waals surface area contributed by atoms with Gasteiger partial charge in [-0.15, -0.1) is 0 Å². The van der Waals surface area contributed by atoms with Crippen LogP contribution < -0.4 is 10.1 Å². The highest BCUT2D eigenvalue weighted by Crippen LogP contribution is 2.18. The Morgan fingerprint density at radius 3 is 2.83 bits per heavy atom. The van der Waals surface area contributed by atoms with Gasteiger partial charge in [0.2, 0.25) is 0 Å². The van der Waals surface area contributed by atoms with Crippen molar-refractivity contribution in [1.82, 2.24) is 15.1 Å². The SMILES string of the molecule is COc1cccc(C(O)CNC(=O)c2cnn(CC(C)C)c2C)c1. The standard InChI is InChI=1S/C18H25N3O3/c1-12(2)11-21-13(3)16(9-20-21)18(23)19-10-17(22)14-6-5-7-15(8-14)24-4/h5-9,12,17,22H,10-11H2,1-4H3,(H,19,23).